The highest BCUT2D eigenvalue weighted by atomic mass is 35.5. The summed E-state index contributed by atoms with van der Waals surface area (Å²) in [6.45, 7) is 1.99. The van der Waals surface area contributed by atoms with Crippen molar-refractivity contribution < 1.29 is 22.3 Å². The Balaban J connectivity index is 1.53. The third kappa shape index (κ3) is 4.99. The minimum absolute atomic E-state index is 0.0381. The minimum atomic E-state index is -3.79. The molecule has 2 aliphatic rings. The molecule has 0 radical (unpaired) electrons. The van der Waals surface area contributed by atoms with Gasteiger partial charge in [0.1, 0.15) is 27.3 Å². The third-order valence-corrected chi connectivity index (χ3v) is 8.34. The molecule has 206 valence electrons. The molecule has 1 unspecified atom stereocenters. The van der Waals surface area contributed by atoms with Crippen molar-refractivity contribution in [2.45, 2.75) is 49.9 Å². The molecule has 1 aromatic carbocycles. The molecule has 10 nitrogen and oxygen atoms in total. The summed E-state index contributed by atoms with van der Waals surface area (Å²) in [5.41, 5.74) is 0.553. The van der Waals surface area contributed by atoms with Crippen molar-refractivity contribution >= 4 is 60.7 Å². The molecule has 39 heavy (non-hydrogen) atoms. The topological polar surface area (TPSA) is 112 Å². The van der Waals surface area contributed by atoms with E-state index in [0.717, 1.165) is 44.8 Å². The summed E-state index contributed by atoms with van der Waals surface area (Å²) in [6, 6.07) is 2.86. The zero-order valence-corrected chi connectivity index (χ0v) is 23.4. The van der Waals surface area contributed by atoms with Crippen LogP contribution in [0.4, 0.5) is 10.2 Å². The Bertz CT molecular complexity index is 1690. The fourth-order valence-electron chi connectivity index (χ4n) is 5.06. The van der Waals surface area contributed by atoms with Crippen LogP contribution in [0, 0.1) is 5.82 Å². The van der Waals surface area contributed by atoms with Gasteiger partial charge in [0.05, 0.1) is 22.5 Å². The minimum Gasteiger partial charge on any atom is -0.434 e. The number of hydrogen-bond donors (Lipinski definition) is 0. The quantitative estimate of drug-likeness (QED) is 0.212. The van der Waals surface area contributed by atoms with Crippen molar-refractivity contribution in [3.05, 3.63) is 34.3 Å². The van der Waals surface area contributed by atoms with Gasteiger partial charge in [-0.15, -0.1) is 0 Å². The van der Waals surface area contributed by atoms with E-state index in [2.05, 4.69) is 20.1 Å². The Kier molecular flexibility index (Phi) is 6.98. The molecule has 0 bridgehead atoms. The van der Waals surface area contributed by atoms with Gasteiger partial charge in [-0.1, -0.05) is 23.2 Å². The lowest BCUT2D eigenvalue weighted by Gasteiger charge is -2.29. The summed E-state index contributed by atoms with van der Waals surface area (Å²) < 4.78 is 53.8. The van der Waals surface area contributed by atoms with E-state index in [4.69, 9.17) is 32.7 Å². The summed E-state index contributed by atoms with van der Waals surface area (Å²) in [6.07, 6.45) is 7.82. The maximum Gasteiger partial charge on any atom is 0.249 e. The number of hydrogen-bond acceptors (Lipinski definition) is 9. The van der Waals surface area contributed by atoms with Crippen LogP contribution in [0.25, 0.3) is 21.8 Å². The summed E-state index contributed by atoms with van der Waals surface area (Å²) in [5, 5.41) is 4.75. The van der Waals surface area contributed by atoms with Gasteiger partial charge in [-0.2, -0.15) is 10.1 Å². The van der Waals surface area contributed by atoms with E-state index in [1.165, 1.54) is 12.3 Å². The van der Waals surface area contributed by atoms with Crippen LogP contribution in [-0.2, 0) is 14.6 Å². The van der Waals surface area contributed by atoms with Crippen molar-refractivity contribution in [1.82, 2.24) is 24.7 Å². The Morgan fingerprint density at radius 1 is 1.05 bits per heavy atom. The Morgan fingerprint density at radius 2 is 1.85 bits per heavy atom. The standard InChI is InChI=1S/C25H25Cl2FN6O4S/c1-39(35,36)25-31-21-14(23(32-25)33-8-4-2-5-9-33)11-18(26)30-24(21)38-22-15-13-29-34(19-7-3-6-10-37-19)17(15)12-16(28)20(22)27/h11-13,19H,2-10H2,1H3. The van der Waals surface area contributed by atoms with Crippen LogP contribution in [0.3, 0.4) is 0 Å². The molecule has 2 saturated heterocycles. The van der Waals surface area contributed by atoms with Crippen LogP contribution in [0.1, 0.15) is 44.8 Å². The first-order valence-corrected chi connectivity index (χ1v) is 15.3. The van der Waals surface area contributed by atoms with Crippen LogP contribution >= 0.6 is 23.2 Å². The molecule has 14 heteroatoms. The number of pyridine rings is 1. The first-order chi connectivity index (χ1) is 18.7. The molecule has 2 fully saturated rings. The first-order valence-electron chi connectivity index (χ1n) is 12.7. The van der Waals surface area contributed by atoms with Crippen molar-refractivity contribution in [2.24, 2.45) is 0 Å². The lowest BCUT2D eigenvalue weighted by Crippen LogP contribution is -2.31. The second-order valence-electron chi connectivity index (χ2n) is 9.74. The predicted octanol–water partition coefficient (Wildman–Crippen LogP) is 5.71. The van der Waals surface area contributed by atoms with E-state index >= 15 is 4.39 Å². The highest BCUT2D eigenvalue weighted by Gasteiger charge is 2.27. The van der Waals surface area contributed by atoms with E-state index < -0.39 is 15.7 Å². The molecule has 6 rings (SSSR count). The largest absolute Gasteiger partial charge is 0.434 e. The van der Waals surface area contributed by atoms with E-state index in [9.17, 15) is 8.42 Å². The highest BCUT2D eigenvalue weighted by molar-refractivity contribution is 7.90. The number of piperidine rings is 1. The van der Waals surface area contributed by atoms with Crippen molar-refractivity contribution in [2.75, 3.05) is 30.9 Å². The third-order valence-electron chi connectivity index (χ3n) is 6.94. The van der Waals surface area contributed by atoms with Crippen molar-refractivity contribution in [3.8, 4) is 11.6 Å². The number of halogens is 3. The van der Waals surface area contributed by atoms with Gasteiger partial charge >= 0.3 is 0 Å². The van der Waals surface area contributed by atoms with Gasteiger partial charge in [0.15, 0.2) is 12.0 Å². The number of fused-ring (bicyclic) bond motifs is 2. The van der Waals surface area contributed by atoms with E-state index in [1.54, 1.807) is 10.7 Å². The average Bonchev–Trinajstić information content (AvgIpc) is 3.34. The Labute approximate surface area is 234 Å². The molecule has 0 N–H and O–H groups in total. The van der Waals surface area contributed by atoms with Crippen molar-refractivity contribution in [1.29, 1.82) is 0 Å². The Hall–Kier alpha value is -2.80. The lowest BCUT2D eigenvalue weighted by molar-refractivity contribution is -0.0366. The molecule has 0 amide bonds. The molecule has 0 saturated carbocycles. The highest BCUT2D eigenvalue weighted by Crippen LogP contribution is 2.42. The number of sulfone groups is 1. The predicted molar refractivity (Wildman–Crippen MR) is 145 cm³/mol. The Morgan fingerprint density at radius 3 is 2.56 bits per heavy atom. The molecule has 4 aromatic rings. The number of aromatic nitrogens is 5. The van der Waals surface area contributed by atoms with Crippen LogP contribution in [0.15, 0.2) is 23.5 Å². The number of benzene rings is 1. The number of rotatable bonds is 5. The molecule has 0 aliphatic carbocycles. The number of nitrogens with zero attached hydrogens (tertiary/aromatic N) is 6. The number of anilines is 1. The van der Waals surface area contributed by atoms with Gasteiger partial charge in [0, 0.05) is 32.0 Å². The normalized spacial score (nSPS) is 18.7. The molecule has 5 heterocycles. The zero-order valence-electron chi connectivity index (χ0n) is 21.0. The van der Waals surface area contributed by atoms with Gasteiger partial charge < -0.3 is 14.4 Å². The summed E-state index contributed by atoms with van der Waals surface area (Å²) in [4.78, 5) is 15.0. The monoisotopic (exact) mass is 594 g/mol. The van der Waals surface area contributed by atoms with Gasteiger partial charge in [0.25, 0.3) is 0 Å². The van der Waals surface area contributed by atoms with Crippen LogP contribution in [0.5, 0.6) is 11.6 Å². The summed E-state index contributed by atoms with van der Waals surface area (Å²) in [7, 11) is -3.79. The van der Waals surface area contributed by atoms with Crippen molar-refractivity contribution in [3.63, 3.8) is 0 Å². The molecule has 3 aromatic heterocycles. The molecular formula is C25H25Cl2FN6O4S. The van der Waals surface area contributed by atoms with E-state index in [1.807, 2.05) is 4.90 Å². The number of ether oxygens (including phenoxy) is 2. The lowest BCUT2D eigenvalue weighted by atomic mass is 10.1. The van der Waals surface area contributed by atoms with Gasteiger partial charge in [0.2, 0.25) is 20.9 Å². The van der Waals surface area contributed by atoms with Crippen LogP contribution in [-0.4, -0.2) is 59.1 Å². The average molecular weight is 595 g/mol. The van der Waals surface area contributed by atoms with Crippen LogP contribution in [0.2, 0.25) is 10.2 Å². The maximum atomic E-state index is 15.1. The first kappa shape index (κ1) is 26.4. The second kappa shape index (κ2) is 10.3. The molecule has 2 aliphatic heterocycles. The second-order valence-corrected chi connectivity index (χ2v) is 12.4. The SMILES string of the molecule is CS(=O)(=O)c1nc(N2CCCCC2)c2cc(Cl)nc(Oc3c(Cl)c(F)cc4c3cnn4C3CCCCO3)c2n1. The fourth-order valence-corrected chi connectivity index (χ4v) is 5.95. The fraction of sp³-hybridized carbons (Fsp3) is 0.440. The van der Waals surface area contributed by atoms with Crippen LogP contribution < -0.4 is 9.64 Å². The molecule has 1 atom stereocenters. The molecular weight excluding hydrogens is 570 g/mol. The smallest absolute Gasteiger partial charge is 0.249 e. The van der Waals surface area contributed by atoms with Gasteiger partial charge in [-0.3, -0.25) is 0 Å². The summed E-state index contributed by atoms with van der Waals surface area (Å²) >= 11 is 12.8. The van der Waals surface area contributed by atoms with Gasteiger partial charge in [-0.05, 0) is 44.6 Å². The zero-order chi connectivity index (χ0) is 27.3. The summed E-state index contributed by atoms with van der Waals surface area (Å²) in [5.74, 6) is -0.460. The van der Waals surface area contributed by atoms with E-state index in [0.29, 0.717) is 41.8 Å². The van der Waals surface area contributed by atoms with Gasteiger partial charge in [-0.25, -0.2) is 27.5 Å². The molecule has 0 spiro atoms. The maximum absolute atomic E-state index is 15.1. The van der Waals surface area contributed by atoms with E-state index in [-0.39, 0.29) is 38.7 Å².